The molecule has 3 aliphatic carbocycles. The molecule has 0 heterocycles. The summed E-state index contributed by atoms with van der Waals surface area (Å²) in [5, 5.41) is 0. The van der Waals surface area contributed by atoms with Gasteiger partial charge in [0.25, 0.3) is 0 Å². The monoisotopic (exact) mass is 249 g/mol. The summed E-state index contributed by atoms with van der Waals surface area (Å²) in [6.45, 7) is 2.36. The fraction of sp³-hybridized carbons (Fsp3) is 1.00. The molecule has 0 aromatic rings. The third-order valence-corrected chi connectivity index (χ3v) is 6.47. The maximum absolute atomic E-state index is 6.58. The van der Waals surface area contributed by atoms with Crippen molar-refractivity contribution in [3.63, 3.8) is 0 Å². The van der Waals surface area contributed by atoms with Crippen LogP contribution in [0.4, 0.5) is 0 Å². The van der Waals surface area contributed by atoms with Crippen molar-refractivity contribution < 1.29 is 0 Å². The Morgan fingerprint density at radius 3 is 2.61 bits per heavy atom. The quantitative estimate of drug-likeness (QED) is 0.787. The van der Waals surface area contributed by atoms with Crippen molar-refractivity contribution in [2.24, 2.45) is 35.3 Å². The van der Waals surface area contributed by atoms with E-state index in [2.05, 4.69) is 6.92 Å². The van der Waals surface area contributed by atoms with Crippen molar-refractivity contribution in [1.29, 1.82) is 0 Å². The Hall–Kier alpha value is -0.0400. The molecule has 2 bridgehead atoms. The van der Waals surface area contributed by atoms with E-state index in [-0.39, 0.29) is 0 Å². The number of nitrogens with two attached hydrogens (primary N) is 1. The third kappa shape index (κ3) is 2.61. The maximum atomic E-state index is 6.58. The van der Waals surface area contributed by atoms with Crippen LogP contribution in [0.25, 0.3) is 0 Å². The summed E-state index contributed by atoms with van der Waals surface area (Å²) in [5.74, 6) is 4.98. The van der Waals surface area contributed by atoms with Crippen LogP contribution in [-0.2, 0) is 0 Å². The van der Waals surface area contributed by atoms with E-state index in [4.69, 9.17) is 5.73 Å². The molecule has 3 rings (SSSR count). The number of hydrogen-bond donors (Lipinski definition) is 1. The lowest BCUT2D eigenvalue weighted by molar-refractivity contribution is 0.194. The van der Waals surface area contributed by atoms with E-state index >= 15 is 0 Å². The van der Waals surface area contributed by atoms with Crippen LogP contribution in [0.2, 0.25) is 0 Å². The molecule has 0 aliphatic heterocycles. The molecule has 0 radical (unpaired) electrons. The second kappa shape index (κ2) is 5.53. The summed E-state index contributed by atoms with van der Waals surface area (Å²) in [7, 11) is 0. The van der Waals surface area contributed by atoms with Crippen molar-refractivity contribution in [1.82, 2.24) is 0 Å². The smallest absolute Gasteiger partial charge is 0.00700 e. The van der Waals surface area contributed by atoms with Gasteiger partial charge in [0.15, 0.2) is 0 Å². The maximum Gasteiger partial charge on any atom is 0.00700 e. The Morgan fingerprint density at radius 2 is 1.94 bits per heavy atom. The summed E-state index contributed by atoms with van der Waals surface area (Å²) in [5.41, 5.74) is 6.58. The Balaban J connectivity index is 1.50. The molecule has 6 unspecified atom stereocenters. The van der Waals surface area contributed by atoms with E-state index in [1.54, 1.807) is 6.42 Å². The minimum atomic E-state index is 0.517. The first-order valence-corrected chi connectivity index (χ1v) is 8.51. The molecule has 3 aliphatic rings. The van der Waals surface area contributed by atoms with Crippen molar-refractivity contribution in [2.75, 3.05) is 0 Å². The van der Waals surface area contributed by atoms with Gasteiger partial charge in [0.1, 0.15) is 0 Å². The van der Waals surface area contributed by atoms with Gasteiger partial charge in [0.2, 0.25) is 0 Å². The van der Waals surface area contributed by atoms with E-state index in [9.17, 15) is 0 Å². The Labute approximate surface area is 113 Å². The van der Waals surface area contributed by atoms with Gasteiger partial charge < -0.3 is 5.73 Å². The van der Waals surface area contributed by atoms with Crippen LogP contribution in [0.5, 0.6) is 0 Å². The average molecular weight is 249 g/mol. The molecule has 1 heteroatoms. The molecule has 0 aromatic heterocycles. The Bertz CT molecular complexity index is 275. The van der Waals surface area contributed by atoms with Gasteiger partial charge in [-0.15, -0.1) is 0 Å². The van der Waals surface area contributed by atoms with E-state index in [1.807, 2.05) is 0 Å². The zero-order valence-corrected chi connectivity index (χ0v) is 12.1. The highest BCUT2D eigenvalue weighted by Crippen LogP contribution is 2.50. The molecule has 0 amide bonds. The van der Waals surface area contributed by atoms with Crippen LogP contribution in [0.15, 0.2) is 0 Å². The first kappa shape index (κ1) is 13.0. The van der Waals surface area contributed by atoms with Crippen molar-refractivity contribution >= 4 is 0 Å². The number of rotatable bonds is 4. The second-order valence-corrected chi connectivity index (χ2v) is 7.54. The van der Waals surface area contributed by atoms with Gasteiger partial charge in [-0.3, -0.25) is 0 Å². The number of hydrogen-bond acceptors (Lipinski definition) is 1. The molecule has 0 spiro atoms. The topological polar surface area (TPSA) is 26.0 Å². The fourth-order valence-electron chi connectivity index (χ4n) is 5.30. The largest absolute Gasteiger partial charge is 0.327 e. The standard InChI is InChI=1S/C17H31N/c1-2-12-4-3-5-15(8-12)17(18)11-16-10-13-6-7-14(16)9-13/h12-17H,2-11,18H2,1H3. The van der Waals surface area contributed by atoms with Crippen molar-refractivity contribution in [2.45, 2.75) is 77.2 Å². The Morgan fingerprint density at radius 1 is 1.06 bits per heavy atom. The van der Waals surface area contributed by atoms with Gasteiger partial charge in [-0.05, 0) is 68.1 Å². The highest BCUT2D eigenvalue weighted by atomic mass is 14.7. The highest BCUT2D eigenvalue weighted by molar-refractivity contribution is 4.92. The summed E-state index contributed by atoms with van der Waals surface area (Å²) >= 11 is 0. The van der Waals surface area contributed by atoms with Gasteiger partial charge in [-0.2, -0.15) is 0 Å². The van der Waals surface area contributed by atoms with E-state index in [1.165, 1.54) is 57.8 Å². The van der Waals surface area contributed by atoms with Crippen LogP contribution < -0.4 is 5.73 Å². The van der Waals surface area contributed by atoms with Gasteiger partial charge in [0.05, 0.1) is 0 Å². The summed E-state index contributed by atoms with van der Waals surface area (Å²) < 4.78 is 0. The number of fused-ring (bicyclic) bond motifs is 2. The SMILES string of the molecule is CCC1CCCC(C(N)CC2CC3CCC2C3)C1. The lowest BCUT2D eigenvalue weighted by atomic mass is 9.73. The lowest BCUT2D eigenvalue weighted by Gasteiger charge is -2.35. The molecule has 2 N–H and O–H groups in total. The van der Waals surface area contributed by atoms with Crippen LogP contribution >= 0.6 is 0 Å². The van der Waals surface area contributed by atoms with Gasteiger partial charge in [0, 0.05) is 6.04 Å². The fourth-order valence-corrected chi connectivity index (χ4v) is 5.30. The average Bonchev–Trinajstić information content (AvgIpc) is 3.01. The predicted octanol–water partition coefficient (Wildman–Crippen LogP) is 4.36. The lowest BCUT2D eigenvalue weighted by Crippen LogP contribution is -2.36. The Kier molecular flexibility index (Phi) is 3.98. The summed E-state index contributed by atoms with van der Waals surface area (Å²) in [6.07, 6.45) is 14.6. The van der Waals surface area contributed by atoms with Crippen LogP contribution in [0.3, 0.4) is 0 Å². The molecular weight excluding hydrogens is 218 g/mol. The van der Waals surface area contributed by atoms with Gasteiger partial charge in [-0.1, -0.05) is 32.6 Å². The van der Waals surface area contributed by atoms with Crippen LogP contribution in [0, 0.1) is 29.6 Å². The second-order valence-electron chi connectivity index (χ2n) is 7.54. The van der Waals surface area contributed by atoms with E-state index in [0.717, 1.165) is 29.6 Å². The van der Waals surface area contributed by atoms with Gasteiger partial charge in [-0.25, -0.2) is 0 Å². The molecule has 104 valence electrons. The normalized spacial score (nSPS) is 45.3. The molecule has 0 aromatic carbocycles. The van der Waals surface area contributed by atoms with Gasteiger partial charge >= 0.3 is 0 Å². The van der Waals surface area contributed by atoms with Crippen molar-refractivity contribution in [3.05, 3.63) is 0 Å². The molecular formula is C17H31N. The molecule has 18 heavy (non-hydrogen) atoms. The molecule has 3 fully saturated rings. The van der Waals surface area contributed by atoms with Crippen LogP contribution in [0.1, 0.15) is 71.1 Å². The first-order chi connectivity index (χ1) is 8.76. The zero-order chi connectivity index (χ0) is 12.5. The summed E-state index contributed by atoms with van der Waals surface area (Å²) in [4.78, 5) is 0. The third-order valence-electron chi connectivity index (χ3n) is 6.47. The van der Waals surface area contributed by atoms with Crippen molar-refractivity contribution in [3.8, 4) is 0 Å². The minimum absolute atomic E-state index is 0.517. The molecule has 0 saturated heterocycles. The van der Waals surface area contributed by atoms with E-state index in [0.29, 0.717) is 6.04 Å². The van der Waals surface area contributed by atoms with E-state index < -0.39 is 0 Å². The molecule has 3 saturated carbocycles. The minimum Gasteiger partial charge on any atom is -0.327 e. The first-order valence-electron chi connectivity index (χ1n) is 8.51. The predicted molar refractivity (Wildman–Crippen MR) is 77.3 cm³/mol. The zero-order valence-electron chi connectivity index (χ0n) is 12.1. The highest BCUT2D eigenvalue weighted by Gasteiger charge is 2.40. The van der Waals surface area contributed by atoms with Crippen LogP contribution in [-0.4, -0.2) is 6.04 Å². The molecule has 1 nitrogen and oxygen atoms in total. The summed E-state index contributed by atoms with van der Waals surface area (Å²) in [6, 6.07) is 0.517. The molecule has 6 atom stereocenters.